The van der Waals surface area contributed by atoms with Gasteiger partial charge in [-0.3, -0.25) is 0 Å². The SMILES string of the molecule is COc1nc(NS(=O)(=O)c2c[nH]c3cc(Cl)ccc23)ncc1OC(F)(F)C(F)F. The number of fused-ring (bicyclic) bond motifs is 1. The van der Waals surface area contributed by atoms with Crippen LogP contribution in [0.15, 0.2) is 35.5 Å². The summed E-state index contributed by atoms with van der Waals surface area (Å²) in [6.07, 6.45) is -7.14. The normalized spacial score (nSPS) is 12.4. The van der Waals surface area contributed by atoms with Crippen molar-refractivity contribution in [1.82, 2.24) is 15.0 Å². The summed E-state index contributed by atoms with van der Waals surface area (Å²) in [6.45, 7) is 0. The summed E-state index contributed by atoms with van der Waals surface area (Å²) in [5.41, 5.74) is 0.453. The number of nitrogens with zero attached hydrogens (tertiary/aromatic N) is 2. The van der Waals surface area contributed by atoms with Gasteiger partial charge in [0.25, 0.3) is 15.9 Å². The van der Waals surface area contributed by atoms with Gasteiger partial charge in [-0.1, -0.05) is 11.6 Å². The van der Waals surface area contributed by atoms with Crippen LogP contribution < -0.4 is 14.2 Å². The summed E-state index contributed by atoms with van der Waals surface area (Å²) >= 11 is 5.85. The molecule has 0 aliphatic heterocycles. The number of methoxy groups -OCH3 is 1. The van der Waals surface area contributed by atoms with Gasteiger partial charge in [0.05, 0.1) is 13.3 Å². The molecule has 0 aliphatic rings. The van der Waals surface area contributed by atoms with Crippen LogP contribution in [0.2, 0.25) is 5.02 Å². The maximum Gasteiger partial charge on any atom is 0.461 e. The third-order valence-electron chi connectivity index (χ3n) is 3.54. The zero-order valence-corrected chi connectivity index (χ0v) is 15.9. The lowest BCUT2D eigenvalue weighted by atomic mass is 10.2. The minimum atomic E-state index is -4.82. The number of rotatable bonds is 7. The van der Waals surface area contributed by atoms with Crippen LogP contribution in [0.25, 0.3) is 10.9 Å². The van der Waals surface area contributed by atoms with E-state index in [1.54, 1.807) is 0 Å². The van der Waals surface area contributed by atoms with Gasteiger partial charge in [0.15, 0.2) is 0 Å². The molecule has 2 N–H and O–H groups in total. The molecular weight excluding hydrogens is 444 g/mol. The van der Waals surface area contributed by atoms with Crippen LogP contribution in [0.1, 0.15) is 0 Å². The molecule has 0 fully saturated rings. The van der Waals surface area contributed by atoms with Gasteiger partial charge in [-0.15, -0.1) is 0 Å². The van der Waals surface area contributed by atoms with E-state index in [4.69, 9.17) is 16.3 Å². The first kappa shape index (κ1) is 20.9. The molecule has 2 aromatic heterocycles. The average molecular weight is 455 g/mol. The fourth-order valence-electron chi connectivity index (χ4n) is 2.28. The fourth-order valence-corrected chi connectivity index (χ4v) is 3.58. The topological polar surface area (TPSA) is 106 Å². The zero-order chi connectivity index (χ0) is 21.4. The third kappa shape index (κ3) is 4.29. The van der Waals surface area contributed by atoms with Crippen LogP contribution in [-0.4, -0.2) is 43.0 Å². The highest BCUT2D eigenvalue weighted by Gasteiger charge is 2.45. The minimum absolute atomic E-state index is 0.156. The van der Waals surface area contributed by atoms with E-state index in [1.807, 2.05) is 4.72 Å². The van der Waals surface area contributed by atoms with Gasteiger partial charge in [-0.05, 0) is 18.2 Å². The first-order chi connectivity index (χ1) is 13.5. The Hall–Kier alpha value is -2.80. The van der Waals surface area contributed by atoms with E-state index in [0.717, 1.165) is 7.11 Å². The summed E-state index contributed by atoms with van der Waals surface area (Å²) in [4.78, 5) is 9.66. The molecule has 0 radical (unpaired) electrons. The Kier molecular flexibility index (Phi) is 5.45. The van der Waals surface area contributed by atoms with Gasteiger partial charge in [0.2, 0.25) is 11.7 Å². The van der Waals surface area contributed by atoms with Crippen molar-refractivity contribution in [1.29, 1.82) is 0 Å². The highest BCUT2D eigenvalue weighted by atomic mass is 35.5. The van der Waals surface area contributed by atoms with Gasteiger partial charge in [0.1, 0.15) is 4.90 Å². The highest BCUT2D eigenvalue weighted by Crippen LogP contribution is 2.33. The molecule has 0 bridgehead atoms. The molecule has 8 nitrogen and oxygen atoms in total. The van der Waals surface area contributed by atoms with Crippen molar-refractivity contribution >= 4 is 38.5 Å². The number of benzene rings is 1. The number of alkyl halides is 4. The maximum absolute atomic E-state index is 13.1. The Morgan fingerprint density at radius 1 is 1.31 bits per heavy atom. The van der Waals surface area contributed by atoms with Gasteiger partial charge >= 0.3 is 12.5 Å². The van der Waals surface area contributed by atoms with Crippen molar-refractivity contribution in [3.8, 4) is 11.6 Å². The van der Waals surface area contributed by atoms with Crippen LogP contribution in [0.3, 0.4) is 0 Å². The number of hydrogen-bond acceptors (Lipinski definition) is 6. The Morgan fingerprint density at radius 2 is 2.03 bits per heavy atom. The quantitative estimate of drug-likeness (QED) is 0.528. The Bertz CT molecular complexity index is 1160. The standard InChI is InChI=1S/C15H11ClF4N4O4S/c1-27-12-10(28-15(19,20)13(17)18)5-22-14(23-12)24-29(25,26)11-6-21-9-4-7(16)2-3-8(9)11/h2-6,13,21H,1H3,(H,22,23,24). The molecule has 3 rings (SSSR count). The molecule has 14 heteroatoms. The summed E-state index contributed by atoms with van der Waals surface area (Å²) in [7, 11) is -3.21. The molecule has 0 unspecified atom stereocenters. The lowest BCUT2D eigenvalue weighted by molar-refractivity contribution is -0.253. The minimum Gasteiger partial charge on any atom is -0.478 e. The second-order valence-corrected chi connectivity index (χ2v) is 7.57. The number of halogens is 5. The average Bonchev–Trinajstić information content (AvgIpc) is 3.06. The molecule has 0 aliphatic carbocycles. The largest absolute Gasteiger partial charge is 0.478 e. The molecule has 156 valence electrons. The van der Waals surface area contributed by atoms with E-state index >= 15 is 0 Å². The first-order valence-electron chi connectivity index (χ1n) is 7.59. The summed E-state index contributed by atoms with van der Waals surface area (Å²) < 4.78 is 86.6. The van der Waals surface area contributed by atoms with Gasteiger partial charge < -0.3 is 14.5 Å². The van der Waals surface area contributed by atoms with Crippen LogP contribution >= 0.6 is 11.6 Å². The number of anilines is 1. The summed E-state index contributed by atoms with van der Waals surface area (Å²) in [6, 6.07) is 4.49. The van der Waals surface area contributed by atoms with Crippen molar-refractivity contribution in [2.45, 2.75) is 17.4 Å². The van der Waals surface area contributed by atoms with Gasteiger partial charge in [-0.2, -0.15) is 22.5 Å². The molecule has 29 heavy (non-hydrogen) atoms. The third-order valence-corrected chi connectivity index (χ3v) is 5.14. The fraction of sp³-hybridized carbons (Fsp3) is 0.200. The van der Waals surface area contributed by atoms with Crippen molar-refractivity contribution in [2.24, 2.45) is 0 Å². The second-order valence-electron chi connectivity index (χ2n) is 5.48. The van der Waals surface area contributed by atoms with Crippen molar-refractivity contribution in [3.63, 3.8) is 0 Å². The Labute approximate surface area is 165 Å². The molecule has 3 aromatic rings. The molecule has 0 amide bonds. The van der Waals surface area contributed by atoms with Crippen molar-refractivity contribution < 1.29 is 35.5 Å². The lowest BCUT2D eigenvalue weighted by Gasteiger charge is -2.18. The second kappa shape index (κ2) is 7.55. The number of H-pyrrole nitrogens is 1. The molecule has 0 atom stereocenters. The van der Waals surface area contributed by atoms with E-state index in [-0.39, 0.29) is 4.90 Å². The number of sulfonamides is 1. The zero-order valence-electron chi connectivity index (χ0n) is 14.3. The van der Waals surface area contributed by atoms with E-state index in [2.05, 4.69) is 19.7 Å². The molecule has 1 aromatic carbocycles. The first-order valence-corrected chi connectivity index (χ1v) is 9.45. The number of nitrogens with one attached hydrogen (secondary N) is 2. The van der Waals surface area contributed by atoms with E-state index < -0.39 is 40.1 Å². The van der Waals surface area contributed by atoms with Crippen molar-refractivity contribution in [2.75, 3.05) is 11.8 Å². The van der Waals surface area contributed by atoms with Crippen LogP contribution in [0.4, 0.5) is 23.5 Å². The van der Waals surface area contributed by atoms with E-state index in [0.29, 0.717) is 22.1 Å². The Balaban J connectivity index is 1.91. The van der Waals surface area contributed by atoms with E-state index in [1.165, 1.54) is 24.4 Å². The summed E-state index contributed by atoms with van der Waals surface area (Å²) in [5, 5.41) is 0.714. The van der Waals surface area contributed by atoms with Crippen LogP contribution in [0.5, 0.6) is 11.6 Å². The van der Waals surface area contributed by atoms with Gasteiger partial charge in [-0.25, -0.2) is 18.1 Å². The van der Waals surface area contributed by atoms with Gasteiger partial charge in [0, 0.05) is 22.1 Å². The number of ether oxygens (including phenoxy) is 2. The molecule has 0 spiro atoms. The molecule has 0 saturated heterocycles. The number of hydrogen-bond donors (Lipinski definition) is 2. The number of aromatic nitrogens is 3. The van der Waals surface area contributed by atoms with Crippen LogP contribution in [0, 0.1) is 0 Å². The molecule has 2 heterocycles. The summed E-state index contributed by atoms with van der Waals surface area (Å²) in [5.74, 6) is -2.14. The lowest BCUT2D eigenvalue weighted by Crippen LogP contribution is -2.33. The van der Waals surface area contributed by atoms with Crippen molar-refractivity contribution in [3.05, 3.63) is 35.6 Å². The van der Waals surface area contributed by atoms with E-state index in [9.17, 15) is 26.0 Å². The predicted octanol–water partition coefficient (Wildman–Crippen LogP) is 3.66. The molecular formula is C15H11ClF4N4O4S. The smallest absolute Gasteiger partial charge is 0.461 e. The highest BCUT2D eigenvalue weighted by molar-refractivity contribution is 7.93. The van der Waals surface area contributed by atoms with Crippen LogP contribution in [-0.2, 0) is 10.0 Å². The molecule has 0 saturated carbocycles. The Morgan fingerprint density at radius 3 is 2.69 bits per heavy atom. The maximum atomic E-state index is 13.1. The predicted molar refractivity (Wildman–Crippen MR) is 94.3 cm³/mol. The monoisotopic (exact) mass is 454 g/mol. The number of aromatic amines is 1.